The normalized spacial score (nSPS) is 25.4. The maximum atomic E-state index is 11.5. The Morgan fingerprint density at radius 2 is 2.22 bits per heavy atom. The van der Waals surface area contributed by atoms with E-state index in [1.807, 2.05) is 6.92 Å². The number of hydrogen-bond donors (Lipinski definition) is 2. The van der Waals surface area contributed by atoms with Crippen LogP contribution < -0.4 is 11.1 Å². The Morgan fingerprint density at radius 1 is 1.61 bits per heavy atom. The van der Waals surface area contributed by atoms with Gasteiger partial charge in [-0.15, -0.1) is 0 Å². The molecule has 2 atom stereocenters. The lowest BCUT2D eigenvalue weighted by molar-refractivity contribution is -0.125. The van der Waals surface area contributed by atoms with E-state index in [1.165, 1.54) is 0 Å². The minimum Gasteiger partial charge on any atom is -0.378 e. The molecule has 0 aliphatic carbocycles. The maximum absolute atomic E-state index is 11.5. The fourth-order valence-corrected chi connectivity index (χ4v) is 2.71. The Balaban J connectivity index is 2.75. The highest BCUT2D eigenvalue weighted by molar-refractivity contribution is 5.84. The molecule has 1 aliphatic heterocycles. The second kappa shape index (κ2) is 5.55. The van der Waals surface area contributed by atoms with Crippen LogP contribution in [0.4, 0.5) is 0 Å². The molecule has 0 radical (unpaired) electrons. The Morgan fingerprint density at radius 3 is 2.67 bits per heavy atom. The molecule has 0 aromatic heterocycles. The van der Waals surface area contributed by atoms with E-state index < -0.39 is 5.54 Å². The molecule has 106 valence electrons. The summed E-state index contributed by atoms with van der Waals surface area (Å²) >= 11 is 0. The van der Waals surface area contributed by atoms with Crippen molar-refractivity contribution in [3.8, 4) is 0 Å². The molecule has 1 saturated heterocycles. The van der Waals surface area contributed by atoms with E-state index in [4.69, 9.17) is 10.5 Å². The SMILES string of the molecule is CNC(C)(CC(C)N1CCOCC1(C)C)C(N)=O. The largest absolute Gasteiger partial charge is 0.378 e. The lowest BCUT2D eigenvalue weighted by Crippen LogP contribution is -2.60. The van der Waals surface area contributed by atoms with Crippen LogP contribution in [-0.2, 0) is 9.53 Å². The first kappa shape index (κ1) is 15.4. The van der Waals surface area contributed by atoms with E-state index in [0.717, 1.165) is 19.8 Å². The van der Waals surface area contributed by atoms with Crippen LogP contribution in [0.1, 0.15) is 34.1 Å². The van der Waals surface area contributed by atoms with Crippen molar-refractivity contribution in [1.29, 1.82) is 0 Å². The monoisotopic (exact) mass is 257 g/mol. The van der Waals surface area contributed by atoms with Gasteiger partial charge in [-0.3, -0.25) is 9.69 Å². The van der Waals surface area contributed by atoms with Gasteiger partial charge in [0, 0.05) is 18.1 Å². The van der Waals surface area contributed by atoms with Crippen LogP contribution >= 0.6 is 0 Å². The summed E-state index contributed by atoms with van der Waals surface area (Å²) in [5, 5.41) is 3.04. The molecule has 1 fully saturated rings. The number of nitrogens with two attached hydrogens (primary N) is 1. The van der Waals surface area contributed by atoms with E-state index in [9.17, 15) is 4.79 Å². The average Bonchev–Trinajstić information content (AvgIpc) is 2.27. The topological polar surface area (TPSA) is 67.6 Å². The van der Waals surface area contributed by atoms with Crippen molar-refractivity contribution in [2.24, 2.45) is 5.73 Å². The number of hydrogen-bond acceptors (Lipinski definition) is 4. The number of carbonyl (C=O) groups excluding carboxylic acids is 1. The van der Waals surface area contributed by atoms with Gasteiger partial charge in [-0.25, -0.2) is 0 Å². The number of nitrogens with one attached hydrogen (secondary N) is 1. The van der Waals surface area contributed by atoms with Crippen molar-refractivity contribution in [3.63, 3.8) is 0 Å². The predicted octanol–water partition coefficient (Wildman–Crippen LogP) is 0.339. The summed E-state index contributed by atoms with van der Waals surface area (Å²) in [7, 11) is 1.78. The van der Waals surface area contributed by atoms with Gasteiger partial charge in [0.05, 0.1) is 18.8 Å². The molecule has 0 aromatic carbocycles. The van der Waals surface area contributed by atoms with Crippen molar-refractivity contribution in [2.45, 2.75) is 51.2 Å². The molecule has 5 nitrogen and oxygen atoms in total. The number of morpholine rings is 1. The highest BCUT2D eigenvalue weighted by atomic mass is 16.5. The zero-order chi connectivity index (χ0) is 14.0. The first-order valence-electron chi connectivity index (χ1n) is 6.56. The van der Waals surface area contributed by atoms with Crippen LogP contribution in [0.5, 0.6) is 0 Å². The number of nitrogens with zero attached hydrogens (tertiary/aromatic N) is 1. The Hall–Kier alpha value is -0.650. The van der Waals surface area contributed by atoms with Crippen LogP contribution in [0.15, 0.2) is 0 Å². The summed E-state index contributed by atoms with van der Waals surface area (Å²) in [6, 6.07) is 0.272. The second-order valence-electron chi connectivity index (χ2n) is 6.06. The molecule has 0 aromatic rings. The number of ether oxygens (including phenoxy) is 1. The smallest absolute Gasteiger partial charge is 0.237 e. The number of primary amides is 1. The Kier molecular flexibility index (Phi) is 4.75. The molecule has 0 spiro atoms. The number of carbonyl (C=O) groups is 1. The van der Waals surface area contributed by atoms with Crippen molar-refractivity contribution in [3.05, 3.63) is 0 Å². The average molecular weight is 257 g/mol. The molecule has 0 bridgehead atoms. The van der Waals surface area contributed by atoms with Gasteiger partial charge < -0.3 is 15.8 Å². The quantitative estimate of drug-likeness (QED) is 0.745. The van der Waals surface area contributed by atoms with Crippen LogP contribution in [0.2, 0.25) is 0 Å². The molecular weight excluding hydrogens is 230 g/mol. The number of amides is 1. The van der Waals surface area contributed by atoms with Crippen molar-refractivity contribution >= 4 is 5.91 Å². The fourth-order valence-electron chi connectivity index (χ4n) is 2.71. The highest BCUT2D eigenvalue weighted by Gasteiger charge is 2.38. The van der Waals surface area contributed by atoms with Crippen molar-refractivity contribution in [2.75, 3.05) is 26.8 Å². The maximum Gasteiger partial charge on any atom is 0.237 e. The number of rotatable bonds is 5. The number of likely N-dealkylation sites (N-methyl/N-ethyl adjacent to an activating group) is 1. The van der Waals surface area contributed by atoms with Gasteiger partial charge in [0.1, 0.15) is 0 Å². The van der Waals surface area contributed by atoms with E-state index >= 15 is 0 Å². The summed E-state index contributed by atoms with van der Waals surface area (Å²) in [6.07, 6.45) is 0.697. The van der Waals surface area contributed by atoms with E-state index in [0.29, 0.717) is 6.42 Å². The van der Waals surface area contributed by atoms with Gasteiger partial charge in [0.2, 0.25) is 5.91 Å². The molecule has 2 unspecified atom stereocenters. The van der Waals surface area contributed by atoms with Gasteiger partial charge in [0.15, 0.2) is 0 Å². The van der Waals surface area contributed by atoms with E-state index in [-0.39, 0.29) is 17.5 Å². The van der Waals surface area contributed by atoms with Gasteiger partial charge in [-0.05, 0) is 41.2 Å². The fraction of sp³-hybridized carbons (Fsp3) is 0.923. The van der Waals surface area contributed by atoms with Crippen molar-refractivity contribution in [1.82, 2.24) is 10.2 Å². The Bertz CT molecular complexity index is 307. The third-order valence-electron chi connectivity index (χ3n) is 4.04. The molecule has 1 rings (SSSR count). The molecule has 5 heteroatoms. The van der Waals surface area contributed by atoms with Crippen LogP contribution in [-0.4, -0.2) is 54.7 Å². The van der Waals surface area contributed by atoms with E-state index in [2.05, 4.69) is 31.0 Å². The van der Waals surface area contributed by atoms with Crippen molar-refractivity contribution < 1.29 is 9.53 Å². The molecule has 1 amide bonds. The molecule has 18 heavy (non-hydrogen) atoms. The van der Waals surface area contributed by atoms with Crippen LogP contribution in [0.25, 0.3) is 0 Å². The predicted molar refractivity (Wildman–Crippen MR) is 72.3 cm³/mol. The van der Waals surface area contributed by atoms with Crippen LogP contribution in [0.3, 0.4) is 0 Å². The zero-order valence-corrected chi connectivity index (χ0v) is 12.2. The standard InChI is InChI=1S/C13H27N3O2/c1-10(8-13(4,15-5)11(14)17)16-6-7-18-9-12(16,2)3/h10,15H,6-9H2,1-5H3,(H2,14,17). The summed E-state index contributed by atoms with van der Waals surface area (Å²) in [6.45, 7) is 10.7. The minimum absolute atomic E-state index is 0.00393. The molecule has 3 N–H and O–H groups in total. The first-order valence-corrected chi connectivity index (χ1v) is 6.56. The lowest BCUT2D eigenvalue weighted by atomic mass is 9.89. The van der Waals surface area contributed by atoms with Gasteiger partial charge in [0.25, 0.3) is 0 Å². The molecular formula is C13H27N3O2. The third-order valence-corrected chi connectivity index (χ3v) is 4.04. The van der Waals surface area contributed by atoms with Crippen LogP contribution in [0, 0.1) is 0 Å². The molecule has 1 heterocycles. The lowest BCUT2D eigenvalue weighted by Gasteiger charge is -2.47. The molecule has 0 saturated carbocycles. The van der Waals surface area contributed by atoms with Gasteiger partial charge in [-0.2, -0.15) is 0 Å². The summed E-state index contributed by atoms with van der Waals surface area (Å²) in [4.78, 5) is 13.9. The summed E-state index contributed by atoms with van der Waals surface area (Å²) in [5.41, 5.74) is 4.83. The highest BCUT2D eigenvalue weighted by Crippen LogP contribution is 2.25. The van der Waals surface area contributed by atoms with Gasteiger partial charge in [-0.1, -0.05) is 0 Å². The summed E-state index contributed by atoms with van der Waals surface area (Å²) < 4.78 is 5.52. The van der Waals surface area contributed by atoms with E-state index in [1.54, 1.807) is 7.05 Å². The summed E-state index contributed by atoms with van der Waals surface area (Å²) in [5.74, 6) is -0.303. The third kappa shape index (κ3) is 3.22. The minimum atomic E-state index is -0.659. The first-order chi connectivity index (χ1) is 8.23. The molecule has 1 aliphatic rings. The zero-order valence-electron chi connectivity index (χ0n) is 12.2. The Labute approximate surface area is 110 Å². The second-order valence-corrected chi connectivity index (χ2v) is 6.06. The van der Waals surface area contributed by atoms with Gasteiger partial charge >= 0.3 is 0 Å².